The van der Waals surface area contributed by atoms with E-state index in [0.717, 1.165) is 11.3 Å². The number of aliphatic hydroxyl groups is 1. The van der Waals surface area contributed by atoms with Crippen molar-refractivity contribution in [2.45, 2.75) is 13.5 Å². The summed E-state index contributed by atoms with van der Waals surface area (Å²) in [5.41, 5.74) is 0.548. The summed E-state index contributed by atoms with van der Waals surface area (Å²) in [6.45, 7) is 1.23. The third kappa shape index (κ3) is 3.44. The number of nitrogens with zero attached hydrogens (tertiary/aromatic N) is 1. The van der Waals surface area contributed by atoms with Crippen molar-refractivity contribution in [2.75, 3.05) is 5.32 Å². The monoisotopic (exact) mass is 298 g/mol. The summed E-state index contributed by atoms with van der Waals surface area (Å²) < 4.78 is 5.57. The predicted molar refractivity (Wildman–Crippen MR) is 73.9 cm³/mol. The minimum Gasteiger partial charge on any atom is -0.429 e. The van der Waals surface area contributed by atoms with Crippen LogP contribution in [-0.4, -0.2) is 16.0 Å². The second-order valence-corrected chi connectivity index (χ2v) is 5.04. The highest BCUT2D eigenvalue weighted by Crippen LogP contribution is 2.34. The Kier molecular flexibility index (Phi) is 4.36. The molecule has 1 amide bonds. The van der Waals surface area contributed by atoms with Crippen molar-refractivity contribution in [1.29, 1.82) is 0 Å². The zero-order chi connectivity index (χ0) is 13.8. The second kappa shape index (κ2) is 6.01. The van der Waals surface area contributed by atoms with Gasteiger partial charge in [0, 0.05) is 6.92 Å². The van der Waals surface area contributed by atoms with E-state index in [1.165, 1.54) is 6.92 Å². The molecule has 0 unspecified atom stereocenters. The molecule has 1 heterocycles. The van der Waals surface area contributed by atoms with Crippen molar-refractivity contribution in [2.24, 2.45) is 0 Å². The summed E-state index contributed by atoms with van der Waals surface area (Å²) in [6.07, 6.45) is 0. The van der Waals surface area contributed by atoms with Crippen molar-refractivity contribution in [1.82, 2.24) is 4.98 Å². The van der Waals surface area contributed by atoms with E-state index in [1.54, 1.807) is 24.3 Å². The van der Waals surface area contributed by atoms with Crippen molar-refractivity contribution in [3.63, 3.8) is 0 Å². The molecule has 1 aromatic heterocycles. The molecule has 2 N–H and O–H groups in total. The van der Waals surface area contributed by atoms with Crippen LogP contribution in [0.2, 0.25) is 5.15 Å². The normalized spacial score (nSPS) is 10.3. The first-order valence-electron chi connectivity index (χ1n) is 5.40. The average Bonchev–Trinajstić information content (AvgIpc) is 2.71. The maximum atomic E-state index is 11.1. The van der Waals surface area contributed by atoms with Crippen LogP contribution in [0.15, 0.2) is 24.3 Å². The quantitative estimate of drug-likeness (QED) is 0.910. The topological polar surface area (TPSA) is 71.5 Å². The molecule has 0 fully saturated rings. The first kappa shape index (κ1) is 13.8. The van der Waals surface area contributed by atoms with E-state index in [9.17, 15) is 4.79 Å². The van der Waals surface area contributed by atoms with E-state index >= 15 is 0 Å². The lowest BCUT2D eigenvalue weighted by atomic mass is 10.3. The number of halogens is 1. The van der Waals surface area contributed by atoms with Gasteiger partial charge in [0.1, 0.15) is 5.15 Å². The number of para-hydroxylation sites is 2. The first-order valence-corrected chi connectivity index (χ1v) is 6.60. The molecule has 0 aliphatic carbocycles. The Labute approximate surface area is 118 Å². The van der Waals surface area contributed by atoms with Crippen molar-refractivity contribution < 1.29 is 14.6 Å². The highest BCUT2D eigenvalue weighted by Gasteiger charge is 2.12. The van der Waals surface area contributed by atoms with Crippen LogP contribution in [0.5, 0.6) is 10.9 Å². The van der Waals surface area contributed by atoms with Crippen LogP contribution in [0, 0.1) is 0 Å². The maximum absolute atomic E-state index is 11.1. The predicted octanol–water partition coefficient (Wildman–Crippen LogP) is 3.04. The van der Waals surface area contributed by atoms with Gasteiger partial charge in [-0.05, 0) is 12.1 Å². The molecule has 0 bridgehead atoms. The molecule has 1 aromatic carbocycles. The van der Waals surface area contributed by atoms with E-state index in [4.69, 9.17) is 21.4 Å². The number of thiazole rings is 1. The molecular weight excluding hydrogens is 288 g/mol. The van der Waals surface area contributed by atoms with Gasteiger partial charge in [0.2, 0.25) is 5.91 Å². The zero-order valence-electron chi connectivity index (χ0n) is 10.0. The standard InChI is InChI=1S/C12H11ClN2O3S/c1-7(17)14-8-4-2-3-5-9(8)18-12-15-11(13)10(6-16)19-12/h2-5,16H,6H2,1H3,(H,14,17). The summed E-state index contributed by atoms with van der Waals surface area (Å²) >= 11 is 6.98. The number of aromatic nitrogens is 1. The van der Waals surface area contributed by atoms with Gasteiger partial charge in [0.25, 0.3) is 5.19 Å². The third-order valence-electron chi connectivity index (χ3n) is 2.17. The first-order chi connectivity index (χ1) is 9.10. The van der Waals surface area contributed by atoms with Crippen molar-refractivity contribution >= 4 is 34.5 Å². The minimum absolute atomic E-state index is 0.187. The number of hydrogen-bond donors (Lipinski definition) is 2. The van der Waals surface area contributed by atoms with Crippen LogP contribution < -0.4 is 10.1 Å². The Balaban J connectivity index is 2.24. The molecule has 0 saturated heterocycles. The molecule has 0 spiro atoms. The van der Waals surface area contributed by atoms with Crippen LogP contribution in [0.3, 0.4) is 0 Å². The Morgan fingerprint density at radius 2 is 2.26 bits per heavy atom. The number of nitrogens with one attached hydrogen (secondary N) is 1. The molecule has 0 atom stereocenters. The highest BCUT2D eigenvalue weighted by atomic mass is 35.5. The van der Waals surface area contributed by atoms with Crippen molar-refractivity contribution in [3.05, 3.63) is 34.3 Å². The Bertz CT molecular complexity index is 600. The number of aliphatic hydroxyl groups excluding tert-OH is 1. The number of rotatable bonds is 4. The molecule has 2 rings (SSSR count). The maximum Gasteiger partial charge on any atom is 0.280 e. The number of ether oxygens (including phenoxy) is 1. The third-order valence-corrected chi connectivity index (χ3v) is 3.51. The van der Waals surface area contributed by atoms with Gasteiger partial charge >= 0.3 is 0 Å². The second-order valence-electron chi connectivity index (χ2n) is 3.63. The van der Waals surface area contributed by atoms with E-state index < -0.39 is 0 Å². The molecule has 19 heavy (non-hydrogen) atoms. The van der Waals surface area contributed by atoms with Gasteiger partial charge in [-0.25, -0.2) is 0 Å². The largest absolute Gasteiger partial charge is 0.429 e. The fraction of sp³-hybridized carbons (Fsp3) is 0.167. The van der Waals surface area contributed by atoms with E-state index in [-0.39, 0.29) is 17.7 Å². The Morgan fingerprint density at radius 1 is 1.53 bits per heavy atom. The lowest BCUT2D eigenvalue weighted by Gasteiger charge is -2.08. The van der Waals surface area contributed by atoms with Crippen LogP contribution in [0.1, 0.15) is 11.8 Å². The molecule has 0 saturated carbocycles. The van der Waals surface area contributed by atoms with Gasteiger partial charge in [-0.2, -0.15) is 4.98 Å². The number of hydrogen-bond acceptors (Lipinski definition) is 5. The van der Waals surface area contributed by atoms with Crippen LogP contribution >= 0.6 is 22.9 Å². The number of amides is 1. The molecular formula is C12H11ClN2O3S. The fourth-order valence-electron chi connectivity index (χ4n) is 1.40. The smallest absolute Gasteiger partial charge is 0.280 e. The lowest BCUT2D eigenvalue weighted by Crippen LogP contribution is -2.06. The number of carbonyl (C=O) groups is 1. The van der Waals surface area contributed by atoms with Gasteiger partial charge in [-0.3, -0.25) is 4.79 Å². The van der Waals surface area contributed by atoms with Crippen molar-refractivity contribution in [3.8, 4) is 10.9 Å². The summed E-state index contributed by atoms with van der Waals surface area (Å²) in [4.78, 5) is 15.6. The molecule has 5 nitrogen and oxygen atoms in total. The molecule has 100 valence electrons. The van der Waals surface area contributed by atoms with E-state index in [2.05, 4.69) is 10.3 Å². The number of benzene rings is 1. The summed E-state index contributed by atoms with van der Waals surface area (Å²) in [5, 5.41) is 12.2. The van der Waals surface area contributed by atoms with Gasteiger partial charge in [0.15, 0.2) is 5.75 Å². The molecule has 7 heteroatoms. The van der Waals surface area contributed by atoms with Gasteiger partial charge in [0.05, 0.1) is 17.2 Å². The summed E-state index contributed by atoms with van der Waals surface area (Å²) in [5.74, 6) is 0.275. The minimum atomic E-state index is -0.190. The summed E-state index contributed by atoms with van der Waals surface area (Å²) in [7, 11) is 0. The van der Waals surface area contributed by atoms with Gasteiger partial charge in [-0.1, -0.05) is 35.1 Å². The van der Waals surface area contributed by atoms with E-state index in [1.807, 2.05) is 0 Å². The SMILES string of the molecule is CC(=O)Nc1ccccc1Oc1nc(Cl)c(CO)s1. The Hall–Kier alpha value is -1.63. The van der Waals surface area contributed by atoms with Crippen LogP contribution in [0.4, 0.5) is 5.69 Å². The molecule has 0 aliphatic heterocycles. The zero-order valence-corrected chi connectivity index (χ0v) is 11.6. The van der Waals surface area contributed by atoms with Crippen LogP contribution in [-0.2, 0) is 11.4 Å². The van der Waals surface area contributed by atoms with Gasteiger partial charge < -0.3 is 15.2 Å². The Morgan fingerprint density at radius 3 is 2.89 bits per heavy atom. The molecule has 2 aromatic rings. The van der Waals surface area contributed by atoms with Crippen LogP contribution in [0.25, 0.3) is 0 Å². The van der Waals surface area contributed by atoms with E-state index in [0.29, 0.717) is 21.5 Å². The van der Waals surface area contributed by atoms with Gasteiger partial charge in [-0.15, -0.1) is 0 Å². The average molecular weight is 299 g/mol. The number of anilines is 1. The number of carbonyl (C=O) groups excluding carboxylic acids is 1. The molecule has 0 radical (unpaired) electrons. The fourth-order valence-corrected chi connectivity index (χ4v) is 2.37. The molecule has 0 aliphatic rings. The lowest BCUT2D eigenvalue weighted by molar-refractivity contribution is -0.114. The highest BCUT2D eigenvalue weighted by molar-refractivity contribution is 7.13. The summed E-state index contributed by atoms with van der Waals surface area (Å²) in [6, 6.07) is 6.99.